The van der Waals surface area contributed by atoms with Crippen LogP contribution in [-0.2, 0) is 0 Å². The van der Waals surface area contributed by atoms with E-state index < -0.39 is 5.97 Å². The molecule has 0 spiro atoms. The fourth-order valence-electron chi connectivity index (χ4n) is 1.64. The van der Waals surface area contributed by atoms with E-state index in [0.29, 0.717) is 5.58 Å². The summed E-state index contributed by atoms with van der Waals surface area (Å²) >= 11 is 0. The number of furan rings is 1. The van der Waals surface area contributed by atoms with E-state index in [1.165, 1.54) is 0 Å². The fraction of sp³-hybridized carbons (Fsp3) is 0. The molecule has 0 amide bonds. The second-order valence-corrected chi connectivity index (χ2v) is 3.71. The maximum atomic E-state index is 11.8. The highest BCUT2D eigenvalue weighted by Crippen LogP contribution is 2.19. The van der Waals surface area contributed by atoms with E-state index in [1.54, 1.807) is 36.5 Å². The quantitative estimate of drug-likeness (QED) is 0.645. The van der Waals surface area contributed by atoms with Crippen molar-refractivity contribution in [1.82, 2.24) is 4.98 Å². The number of ether oxygens (including phenoxy) is 1. The fourth-order valence-corrected chi connectivity index (χ4v) is 1.64. The third kappa shape index (κ3) is 1.96. The summed E-state index contributed by atoms with van der Waals surface area (Å²) < 4.78 is 10.5. The number of carbonyl (C=O) groups is 1. The lowest BCUT2D eigenvalue weighted by Gasteiger charge is -1.99. The first-order valence-corrected chi connectivity index (χ1v) is 5.45. The molecule has 88 valence electrons. The lowest BCUT2D eigenvalue weighted by atomic mass is 10.2. The van der Waals surface area contributed by atoms with Gasteiger partial charge in [-0.2, -0.15) is 0 Å². The number of aromatic nitrogens is 1. The highest BCUT2D eigenvalue weighted by Gasteiger charge is 2.14. The number of fused-ring (bicyclic) bond motifs is 1. The Hall–Kier alpha value is -2.62. The first kappa shape index (κ1) is 10.5. The number of benzene rings is 1. The molecule has 3 aromatic rings. The van der Waals surface area contributed by atoms with Crippen molar-refractivity contribution in [2.24, 2.45) is 0 Å². The molecule has 2 heterocycles. The molecular weight excluding hydrogens is 230 g/mol. The molecule has 1 aromatic carbocycles. The van der Waals surface area contributed by atoms with Gasteiger partial charge < -0.3 is 9.15 Å². The van der Waals surface area contributed by atoms with Crippen molar-refractivity contribution in [3.05, 3.63) is 60.5 Å². The van der Waals surface area contributed by atoms with Crippen molar-refractivity contribution in [2.75, 3.05) is 0 Å². The average Bonchev–Trinajstić information content (AvgIpc) is 2.84. The van der Waals surface area contributed by atoms with E-state index in [4.69, 9.17) is 9.15 Å². The molecule has 0 radical (unpaired) electrons. The van der Waals surface area contributed by atoms with Crippen molar-refractivity contribution < 1.29 is 13.9 Å². The molecule has 0 aliphatic heterocycles. The third-order valence-electron chi connectivity index (χ3n) is 2.46. The average molecular weight is 239 g/mol. The highest BCUT2D eigenvalue weighted by molar-refractivity contribution is 5.93. The van der Waals surface area contributed by atoms with Gasteiger partial charge in [-0.05, 0) is 18.2 Å². The molecule has 4 heteroatoms. The van der Waals surface area contributed by atoms with Crippen molar-refractivity contribution in [1.29, 1.82) is 0 Å². The zero-order valence-corrected chi connectivity index (χ0v) is 9.37. The Bertz CT molecular complexity index is 655. The van der Waals surface area contributed by atoms with Crippen LogP contribution in [0.25, 0.3) is 11.0 Å². The Labute approximate surface area is 103 Å². The van der Waals surface area contributed by atoms with Gasteiger partial charge >= 0.3 is 5.97 Å². The predicted octanol–water partition coefficient (Wildman–Crippen LogP) is 3.05. The zero-order valence-electron chi connectivity index (χ0n) is 9.37. The van der Waals surface area contributed by atoms with E-state index in [2.05, 4.69) is 4.98 Å². The number of para-hydroxylation sites is 1. The molecule has 0 aliphatic rings. The molecule has 0 fully saturated rings. The van der Waals surface area contributed by atoms with Gasteiger partial charge in [0.15, 0.2) is 0 Å². The second-order valence-electron chi connectivity index (χ2n) is 3.71. The van der Waals surface area contributed by atoms with Crippen LogP contribution in [0.2, 0.25) is 0 Å². The van der Waals surface area contributed by atoms with E-state index >= 15 is 0 Å². The van der Waals surface area contributed by atoms with Crippen molar-refractivity contribution >= 4 is 16.9 Å². The standard InChI is InChI=1S/C14H9NO3/c16-14(18-13-7-3-4-8-15-13)12-9-10-5-1-2-6-11(10)17-12/h1-9H. The van der Waals surface area contributed by atoms with Gasteiger partial charge in [0.25, 0.3) is 0 Å². The van der Waals surface area contributed by atoms with Gasteiger partial charge in [-0.25, -0.2) is 9.78 Å². The number of carbonyl (C=O) groups excluding carboxylic acids is 1. The lowest BCUT2D eigenvalue weighted by molar-refractivity contribution is 0.0696. The van der Waals surface area contributed by atoms with Gasteiger partial charge in [0.05, 0.1) is 0 Å². The summed E-state index contributed by atoms with van der Waals surface area (Å²) in [4.78, 5) is 15.7. The highest BCUT2D eigenvalue weighted by atomic mass is 16.6. The Morgan fingerprint density at radius 3 is 2.72 bits per heavy atom. The Morgan fingerprint density at radius 2 is 1.94 bits per heavy atom. The monoisotopic (exact) mass is 239 g/mol. The number of rotatable bonds is 2. The predicted molar refractivity (Wildman–Crippen MR) is 65.4 cm³/mol. The van der Waals surface area contributed by atoms with E-state index in [0.717, 1.165) is 5.39 Å². The van der Waals surface area contributed by atoms with Crippen LogP contribution in [0.5, 0.6) is 5.88 Å². The number of esters is 1. The molecule has 0 bridgehead atoms. The SMILES string of the molecule is O=C(Oc1ccccn1)c1cc2ccccc2o1. The van der Waals surface area contributed by atoms with Gasteiger partial charge in [0, 0.05) is 17.6 Å². The van der Waals surface area contributed by atoms with Crippen LogP contribution in [0.4, 0.5) is 0 Å². The molecular formula is C14H9NO3. The molecule has 0 saturated carbocycles. The maximum Gasteiger partial charge on any atom is 0.380 e. The van der Waals surface area contributed by atoms with Gasteiger partial charge in [0.1, 0.15) is 5.58 Å². The zero-order chi connectivity index (χ0) is 12.4. The van der Waals surface area contributed by atoms with Crippen molar-refractivity contribution in [2.45, 2.75) is 0 Å². The molecule has 0 unspecified atom stereocenters. The van der Waals surface area contributed by atoms with Crippen LogP contribution in [0.3, 0.4) is 0 Å². The summed E-state index contributed by atoms with van der Waals surface area (Å²) in [7, 11) is 0. The van der Waals surface area contributed by atoms with Crippen LogP contribution in [0.1, 0.15) is 10.6 Å². The van der Waals surface area contributed by atoms with Gasteiger partial charge in [-0.3, -0.25) is 0 Å². The van der Waals surface area contributed by atoms with E-state index in [9.17, 15) is 4.79 Å². The van der Waals surface area contributed by atoms with Crippen molar-refractivity contribution in [3.63, 3.8) is 0 Å². The third-order valence-corrected chi connectivity index (χ3v) is 2.46. The molecule has 2 aromatic heterocycles. The summed E-state index contributed by atoms with van der Waals surface area (Å²) in [5.41, 5.74) is 0.658. The molecule has 3 rings (SSSR count). The second kappa shape index (κ2) is 4.33. The Balaban J connectivity index is 1.88. The largest absolute Gasteiger partial charge is 0.449 e. The van der Waals surface area contributed by atoms with Crippen molar-refractivity contribution in [3.8, 4) is 5.88 Å². The normalized spacial score (nSPS) is 10.4. The van der Waals surface area contributed by atoms with Gasteiger partial charge in [-0.1, -0.05) is 24.3 Å². The lowest BCUT2D eigenvalue weighted by Crippen LogP contribution is -2.07. The maximum absolute atomic E-state index is 11.8. The molecule has 4 nitrogen and oxygen atoms in total. The Kier molecular flexibility index (Phi) is 2.53. The summed E-state index contributed by atoms with van der Waals surface area (Å²) in [6, 6.07) is 14.2. The summed E-state index contributed by atoms with van der Waals surface area (Å²) in [5.74, 6) is -0.130. The van der Waals surface area contributed by atoms with Crippen LogP contribution in [-0.4, -0.2) is 11.0 Å². The number of hydrogen-bond donors (Lipinski definition) is 0. The molecule has 18 heavy (non-hydrogen) atoms. The summed E-state index contributed by atoms with van der Waals surface area (Å²) in [6.45, 7) is 0. The first-order chi connectivity index (χ1) is 8.83. The minimum absolute atomic E-state index is 0.168. The van der Waals surface area contributed by atoms with Gasteiger partial charge in [-0.15, -0.1) is 0 Å². The van der Waals surface area contributed by atoms with Crippen LogP contribution in [0.15, 0.2) is 59.1 Å². The topological polar surface area (TPSA) is 52.3 Å². The first-order valence-electron chi connectivity index (χ1n) is 5.45. The van der Waals surface area contributed by atoms with E-state index in [1.807, 2.05) is 18.2 Å². The van der Waals surface area contributed by atoms with Crippen LogP contribution >= 0.6 is 0 Å². The summed E-state index contributed by atoms with van der Waals surface area (Å²) in [5, 5.41) is 0.866. The molecule has 0 saturated heterocycles. The minimum Gasteiger partial charge on any atom is -0.449 e. The minimum atomic E-state index is -0.551. The van der Waals surface area contributed by atoms with Gasteiger partial charge in [0.2, 0.25) is 11.6 Å². The smallest absolute Gasteiger partial charge is 0.380 e. The molecule has 0 atom stereocenters. The van der Waals surface area contributed by atoms with Crippen LogP contribution in [0, 0.1) is 0 Å². The number of hydrogen-bond acceptors (Lipinski definition) is 4. The molecule has 0 aliphatic carbocycles. The van der Waals surface area contributed by atoms with E-state index in [-0.39, 0.29) is 11.6 Å². The number of pyridine rings is 1. The Morgan fingerprint density at radius 1 is 1.11 bits per heavy atom. The number of nitrogens with zero attached hydrogens (tertiary/aromatic N) is 1. The summed E-state index contributed by atoms with van der Waals surface area (Å²) in [6.07, 6.45) is 1.56. The van der Waals surface area contributed by atoms with Crippen LogP contribution < -0.4 is 4.74 Å². The molecule has 0 N–H and O–H groups in total.